The van der Waals surface area contributed by atoms with Crippen LogP contribution in [0.3, 0.4) is 0 Å². The summed E-state index contributed by atoms with van der Waals surface area (Å²) in [4.78, 5) is 5.11. The van der Waals surface area contributed by atoms with E-state index in [0.717, 1.165) is 30.5 Å². The monoisotopic (exact) mass is 345 g/mol. The summed E-state index contributed by atoms with van der Waals surface area (Å²) in [5.41, 5.74) is 3.69. The van der Waals surface area contributed by atoms with Gasteiger partial charge in [0.15, 0.2) is 5.84 Å². The molecule has 1 saturated heterocycles. The quantitative estimate of drug-likeness (QED) is 0.749. The lowest BCUT2D eigenvalue weighted by molar-refractivity contribution is -0.0692. The third-order valence-electron chi connectivity index (χ3n) is 6.34. The Kier molecular flexibility index (Phi) is 4.25. The van der Waals surface area contributed by atoms with Crippen molar-refractivity contribution in [3.63, 3.8) is 0 Å². The largest absolute Gasteiger partial charge is 0.284 e. The van der Waals surface area contributed by atoms with E-state index in [1.54, 1.807) is 0 Å². The molecule has 2 fully saturated rings. The van der Waals surface area contributed by atoms with Crippen molar-refractivity contribution in [3.8, 4) is 0 Å². The van der Waals surface area contributed by atoms with Gasteiger partial charge in [0.2, 0.25) is 0 Å². The Balaban J connectivity index is 1.56. The summed E-state index contributed by atoms with van der Waals surface area (Å²) in [6.45, 7) is 2.10. The number of fused-ring (bicyclic) bond motifs is 2. The zero-order chi connectivity index (χ0) is 17.3. The first kappa shape index (κ1) is 16.1. The van der Waals surface area contributed by atoms with Crippen molar-refractivity contribution in [2.75, 3.05) is 6.54 Å². The average Bonchev–Trinajstić information content (AvgIpc) is 2.73. The molecule has 1 saturated carbocycles. The number of rotatable bonds is 2. The Morgan fingerprint density at radius 3 is 2.50 bits per heavy atom. The van der Waals surface area contributed by atoms with Gasteiger partial charge in [-0.05, 0) is 43.2 Å². The first-order valence-electron chi connectivity index (χ1n) is 10.2. The summed E-state index contributed by atoms with van der Waals surface area (Å²) < 4.78 is 0. The number of hydrazine groups is 1. The molecule has 0 radical (unpaired) electrons. The second kappa shape index (κ2) is 6.88. The van der Waals surface area contributed by atoms with Crippen LogP contribution in [-0.4, -0.2) is 28.4 Å². The highest BCUT2D eigenvalue weighted by Crippen LogP contribution is 2.38. The van der Waals surface area contributed by atoms with Crippen molar-refractivity contribution in [2.45, 2.75) is 51.1 Å². The van der Waals surface area contributed by atoms with Crippen LogP contribution in [0, 0.1) is 5.92 Å². The number of para-hydroxylation sites is 1. The highest BCUT2D eigenvalue weighted by molar-refractivity contribution is 6.01. The summed E-state index contributed by atoms with van der Waals surface area (Å²) in [6.07, 6.45) is 8.25. The lowest BCUT2D eigenvalue weighted by Crippen LogP contribution is -2.57. The molecule has 5 rings (SSSR count). The molecule has 1 aliphatic carbocycles. The van der Waals surface area contributed by atoms with E-state index in [1.807, 2.05) is 0 Å². The van der Waals surface area contributed by atoms with Gasteiger partial charge in [-0.1, -0.05) is 61.4 Å². The molecule has 2 aliphatic heterocycles. The number of nitrogens with zero attached hydrogens (tertiary/aromatic N) is 3. The molecule has 0 amide bonds. The summed E-state index contributed by atoms with van der Waals surface area (Å²) in [7, 11) is 0. The molecule has 2 aromatic rings. The fourth-order valence-corrected chi connectivity index (χ4v) is 5.07. The fourth-order valence-electron chi connectivity index (χ4n) is 5.07. The van der Waals surface area contributed by atoms with Gasteiger partial charge >= 0.3 is 0 Å². The van der Waals surface area contributed by atoms with Crippen LogP contribution in [-0.2, 0) is 6.54 Å². The second-order valence-electron chi connectivity index (χ2n) is 7.90. The van der Waals surface area contributed by atoms with Gasteiger partial charge in [0, 0.05) is 18.2 Å². The van der Waals surface area contributed by atoms with Crippen LogP contribution >= 0.6 is 0 Å². The van der Waals surface area contributed by atoms with Gasteiger partial charge in [-0.25, -0.2) is 10.0 Å². The molecule has 2 atom stereocenters. The first-order chi connectivity index (χ1) is 12.9. The maximum absolute atomic E-state index is 5.11. The molecule has 0 bridgehead atoms. The van der Waals surface area contributed by atoms with Crippen molar-refractivity contribution >= 4 is 11.5 Å². The molecule has 3 nitrogen and oxygen atoms in total. The highest BCUT2D eigenvalue weighted by atomic mass is 15.7. The summed E-state index contributed by atoms with van der Waals surface area (Å²) >= 11 is 0. The fraction of sp³-hybridized carbons (Fsp3) is 0.435. The number of aliphatic imine (C=N–C) groups is 1. The topological polar surface area (TPSA) is 18.8 Å². The molecule has 0 spiro atoms. The molecule has 2 heterocycles. The Morgan fingerprint density at radius 1 is 0.808 bits per heavy atom. The molecule has 3 aliphatic rings. The van der Waals surface area contributed by atoms with Crippen molar-refractivity contribution in [1.29, 1.82) is 0 Å². The van der Waals surface area contributed by atoms with Gasteiger partial charge in [-0.15, -0.1) is 0 Å². The van der Waals surface area contributed by atoms with Crippen molar-refractivity contribution in [3.05, 3.63) is 65.7 Å². The molecule has 26 heavy (non-hydrogen) atoms. The van der Waals surface area contributed by atoms with Crippen LogP contribution in [0.1, 0.15) is 49.7 Å². The summed E-state index contributed by atoms with van der Waals surface area (Å²) in [5, 5.41) is 5.18. The lowest BCUT2D eigenvalue weighted by atomic mass is 9.79. The van der Waals surface area contributed by atoms with Crippen LogP contribution < -0.4 is 0 Å². The third-order valence-corrected chi connectivity index (χ3v) is 6.34. The minimum atomic E-state index is 0.691. The van der Waals surface area contributed by atoms with Crippen molar-refractivity contribution < 1.29 is 0 Å². The molecule has 3 heteroatoms. The van der Waals surface area contributed by atoms with E-state index in [4.69, 9.17) is 4.99 Å². The smallest absolute Gasteiger partial charge is 0.151 e. The Morgan fingerprint density at radius 2 is 1.58 bits per heavy atom. The van der Waals surface area contributed by atoms with E-state index in [1.165, 1.54) is 49.7 Å². The predicted octanol–water partition coefficient (Wildman–Crippen LogP) is 5.15. The Labute approximate surface area is 156 Å². The third kappa shape index (κ3) is 2.84. The normalized spacial score (nSPS) is 26.0. The van der Waals surface area contributed by atoms with Crippen molar-refractivity contribution in [2.24, 2.45) is 10.9 Å². The SMILES string of the molecule is c1ccc(C2=Nc3ccccc3CN2N2CCCC3CCCCC32)cc1. The molecule has 134 valence electrons. The van der Waals surface area contributed by atoms with Gasteiger partial charge in [-0.2, -0.15) is 0 Å². The van der Waals surface area contributed by atoms with E-state index < -0.39 is 0 Å². The van der Waals surface area contributed by atoms with E-state index in [2.05, 4.69) is 64.6 Å². The zero-order valence-corrected chi connectivity index (χ0v) is 15.3. The predicted molar refractivity (Wildman–Crippen MR) is 106 cm³/mol. The summed E-state index contributed by atoms with van der Waals surface area (Å²) in [5.74, 6) is 1.99. The van der Waals surface area contributed by atoms with E-state index >= 15 is 0 Å². The Hall–Kier alpha value is -2.13. The zero-order valence-electron chi connectivity index (χ0n) is 15.3. The van der Waals surface area contributed by atoms with Crippen molar-refractivity contribution in [1.82, 2.24) is 10.0 Å². The maximum Gasteiger partial charge on any atom is 0.151 e. The number of piperidine rings is 1. The highest BCUT2D eigenvalue weighted by Gasteiger charge is 2.38. The number of benzene rings is 2. The van der Waals surface area contributed by atoms with Gasteiger partial charge < -0.3 is 0 Å². The standard InChI is InChI=1S/C23H27N3/c1-2-10-19(11-3-1)23-24-21-14-6-4-12-20(21)17-26(23)25-16-8-13-18-9-5-7-15-22(18)25/h1-4,6,10-12,14,18,22H,5,7-9,13,15-17H2. The minimum absolute atomic E-state index is 0.691. The molecular formula is C23H27N3. The van der Waals surface area contributed by atoms with E-state index in [9.17, 15) is 0 Å². The van der Waals surface area contributed by atoms with E-state index in [-0.39, 0.29) is 0 Å². The molecule has 2 aromatic carbocycles. The number of amidine groups is 1. The average molecular weight is 345 g/mol. The van der Waals surface area contributed by atoms with Gasteiger partial charge in [0.1, 0.15) is 0 Å². The van der Waals surface area contributed by atoms with Crippen LogP contribution in [0.4, 0.5) is 5.69 Å². The van der Waals surface area contributed by atoms with Crippen LogP contribution in [0.15, 0.2) is 59.6 Å². The van der Waals surface area contributed by atoms with Crippen LogP contribution in [0.5, 0.6) is 0 Å². The van der Waals surface area contributed by atoms with Gasteiger partial charge in [0.05, 0.1) is 12.2 Å². The van der Waals surface area contributed by atoms with Gasteiger partial charge in [-0.3, -0.25) is 5.01 Å². The van der Waals surface area contributed by atoms with Crippen LogP contribution in [0.2, 0.25) is 0 Å². The van der Waals surface area contributed by atoms with Crippen LogP contribution in [0.25, 0.3) is 0 Å². The lowest BCUT2D eigenvalue weighted by Gasteiger charge is -2.50. The van der Waals surface area contributed by atoms with Gasteiger partial charge in [0.25, 0.3) is 0 Å². The maximum atomic E-state index is 5.11. The Bertz CT molecular complexity index is 796. The number of hydrogen-bond acceptors (Lipinski definition) is 3. The minimum Gasteiger partial charge on any atom is -0.284 e. The molecular weight excluding hydrogens is 318 g/mol. The van der Waals surface area contributed by atoms with E-state index in [0.29, 0.717) is 6.04 Å². The molecule has 0 aromatic heterocycles. The first-order valence-corrected chi connectivity index (χ1v) is 10.2. The number of hydrogen-bond donors (Lipinski definition) is 0. The second-order valence-corrected chi connectivity index (χ2v) is 7.90. The summed E-state index contributed by atoms with van der Waals surface area (Å²) in [6, 6.07) is 20.0. The molecule has 0 N–H and O–H groups in total. The molecule has 2 unspecified atom stereocenters.